The minimum absolute atomic E-state index is 0. The first-order chi connectivity index (χ1) is 10.6. The maximum Gasteiger partial charge on any atom is 0.219 e. The van der Waals surface area contributed by atoms with Crippen molar-refractivity contribution in [3.05, 3.63) is 35.4 Å². The van der Waals surface area contributed by atoms with Gasteiger partial charge in [-0.15, -0.1) is 24.0 Å². The van der Waals surface area contributed by atoms with Crippen molar-refractivity contribution in [1.82, 2.24) is 15.1 Å². The zero-order chi connectivity index (χ0) is 15.9. The van der Waals surface area contributed by atoms with Gasteiger partial charge in [0.15, 0.2) is 5.96 Å². The van der Waals surface area contributed by atoms with Crippen LogP contribution < -0.4 is 5.32 Å². The monoisotopic (exact) mass is 430 g/mol. The molecule has 1 aromatic carbocycles. The van der Waals surface area contributed by atoms with Gasteiger partial charge in [-0.25, -0.2) is 4.99 Å². The number of hydrogen-bond acceptors (Lipinski definition) is 2. The lowest BCUT2D eigenvalue weighted by Crippen LogP contribution is -2.53. The van der Waals surface area contributed by atoms with E-state index in [4.69, 9.17) is 4.99 Å². The predicted octanol–water partition coefficient (Wildman–Crippen LogP) is 2.24. The first-order valence-electron chi connectivity index (χ1n) is 7.94. The number of benzene rings is 1. The second-order valence-corrected chi connectivity index (χ2v) is 5.65. The molecule has 1 N–H and O–H groups in total. The number of nitrogens with zero attached hydrogens (tertiary/aromatic N) is 3. The Bertz CT molecular complexity index is 522. The Kier molecular flexibility index (Phi) is 8.36. The van der Waals surface area contributed by atoms with E-state index < -0.39 is 0 Å². The molecule has 23 heavy (non-hydrogen) atoms. The number of amides is 1. The third kappa shape index (κ3) is 6.01. The number of guanidine groups is 1. The second-order valence-electron chi connectivity index (χ2n) is 5.65. The van der Waals surface area contributed by atoms with Gasteiger partial charge in [0.25, 0.3) is 0 Å². The molecule has 6 heteroatoms. The van der Waals surface area contributed by atoms with E-state index in [0.717, 1.165) is 38.7 Å². The summed E-state index contributed by atoms with van der Waals surface area (Å²) in [6.07, 6.45) is 0. The number of halogens is 1. The smallest absolute Gasteiger partial charge is 0.219 e. The summed E-state index contributed by atoms with van der Waals surface area (Å²) in [6.45, 7) is 10.5. The first-order valence-corrected chi connectivity index (χ1v) is 7.94. The Morgan fingerprint density at radius 1 is 1.13 bits per heavy atom. The van der Waals surface area contributed by atoms with Gasteiger partial charge in [-0.3, -0.25) is 4.79 Å². The van der Waals surface area contributed by atoms with Gasteiger partial charge in [-0.05, 0) is 19.4 Å². The molecule has 0 aromatic heterocycles. The Balaban J connectivity index is 0.00000264. The lowest BCUT2D eigenvalue weighted by atomic mass is 10.1. The predicted molar refractivity (Wildman–Crippen MR) is 105 cm³/mol. The molecule has 0 bridgehead atoms. The molecule has 2 rings (SSSR count). The van der Waals surface area contributed by atoms with Gasteiger partial charge < -0.3 is 15.1 Å². The van der Waals surface area contributed by atoms with E-state index in [9.17, 15) is 4.79 Å². The number of rotatable bonds is 3. The zero-order valence-electron chi connectivity index (χ0n) is 14.2. The lowest BCUT2D eigenvalue weighted by molar-refractivity contribution is -0.130. The largest absolute Gasteiger partial charge is 0.357 e. The van der Waals surface area contributed by atoms with E-state index >= 15 is 0 Å². The average Bonchev–Trinajstić information content (AvgIpc) is 2.53. The topological polar surface area (TPSA) is 47.9 Å². The molecule has 1 fully saturated rings. The van der Waals surface area contributed by atoms with Crippen LogP contribution in [0.25, 0.3) is 0 Å². The number of aliphatic imine (C=N–C) groups is 1. The number of aryl methyl sites for hydroxylation is 1. The van der Waals surface area contributed by atoms with E-state index in [2.05, 4.69) is 48.3 Å². The third-order valence-electron chi connectivity index (χ3n) is 3.89. The summed E-state index contributed by atoms with van der Waals surface area (Å²) in [5, 5.41) is 3.35. The van der Waals surface area contributed by atoms with Crippen LogP contribution in [-0.2, 0) is 11.3 Å². The number of hydrogen-bond donors (Lipinski definition) is 1. The van der Waals surface area contributed by atoms with Crippen molar-refractivity contribution in [2.45, 2.75) is 27.3 Å². The third-order valence-corrected chi connectivity index (χ3v) is 3.89. The maximum absolute atomic E-state index is 11.4. The summed E-state index contributed by atoms with van der Waals surface area (Å²) in [4.78, 5) is 20.3. The molecule has 1 aromatic rings. The zero-order valence-corrected chi connectivity index (χ0v) is 16.5. The molecular weight excluding hydrogens is 403 g/mol. The molecule has 0 saturated carbocycles. The van der Waals surface area contributed by atoms with E-state index in [1.165, 1.54) is 11.1 Å². The molecule has 5 nitrogen and oxygen atoms in total. The fourth-order valence-electron chi connectivity index (χ4n) is 2.52. The highest BCUT2D eigenvalue weighted by atomic mass is 127. The fourth-order valence-corrected chi connectivity index (χ4v) is 2.52. The quantitative estimate of drug-likeness (QED) is 0.455. The summed E-state index contributed by atoms with van der Waals surface area (Å²) < 4.78 is 0. The van der Waals surface area contributed by atoms with Crippen LogP contribution in [0.1, 0.15) is 25.0 Å². The Morgan fingerprint density at radius 3 is 2.22 bits per heavy atom. The highest BCUT2D eigenvalue weighted by molar-refractivity contribution is 14.0. The maximum atomic E-state index is 11.4. The number of carbonyl (C=O) groups is 1. The highest BCUT2D eigenvalue weighted by Gasteiger charge is 2.20. The van der Waals surface area contributed by atoms with Crippen LogP contribution in [0, 0.1) is 6.92 Å². The molecular formula is C17H27IN4O. The molecule has 0 aliphatic carbocycles. The molecule has 1 saturated heterocycles. The van der Waals surface area contributed by atoms with Gasteiger partial charge >= 0.3 is 0 Å². The summed E-state index contributed by atoms with van der Waals surface area (Å²) in [6, 6.07) is 8.47. The average molecular weight is 430 g/mol. The summed E-state index contributed by atoms with van der Waals surface area (Å²) >= 11 is 0. The van der Waals surface area contributed by atoms with Gasteiger partial charge in [-0.2, -0.15) is 0 Å². The second kappa shape index (κ2) is 9.75. The summed E-state index contributed by atoms with van der Waals surface area (Å²) in [5.41, 5.74) is 2.48. The molecule has 0 spiro atoms. The van der Waals surface area contributed by atoms with Gasteiger partial charge in [0.05, 0.1) is 6.54 Å². The Labute approximate surface area is 156 Å². The van der Waals surface area contributed by atoms with Crippen LogP contribution in [0.5, 0.6) is 0 Å². The van der Waals surface area contributed by atoms with Crippen molar-refractivity contribution in [3.8, 4) is 0 Å². The minimum Gasteiger partial charge on any atom is -0.357 e. The SMILES string of the molecule is CCNC(=NCc1ccc(C)cc1)N1CCN(C(C)=O)CC1.I. The van der Waals surface area contributed by atoms with Gasteiger partial charge in [-0.1, -0.05) is 29.8 Å². The van der Waals surface area contributed by atoms with Crippen molar-refractivity contribution >= 4 is 35.8 Å². The Morgan fingerprint density at radius 2 is 1.70 bits per heavy atom. The number of carbonyl (C=O) groups excluding carboxylic acids is 1. The summed E-state index contributed by atoms with van der Waals surface area (Å²) in [5.74, 6) is 1.09. The van der Waals surface area contributed by atoms with Crippen LogP contribution in [0.4, 0.5) is 0 Å². The number of piperazine rings is 1. The molecule has 1 amide bonds. The van der Waals surface area contributed by atoms with Crippen LogP contribution >= 0.6 is 24.0 Å². The highest BCUT2D eigenvalue weighted by Crippen LogP contribution is 2.07. The molecule has 1 aliphatic heterocycles. The van der Waals surface area contributed by atoms with Crippen LogP contribution in [0.2, 0.25) is 0 Å². The molecule has 0 atom stereocenters. The number of nitrogens with one attached hydrogen (secondary N) is 1. The molecule has 0 unspecified atom stereocenters. The molecule has 0 radical (unpaired) electrons. The summed E-state index contributed by atoms with van der Waals surface area (Å²) in [7, 11) is 0. The van der Waals surface area contributed by atoms with Gasteiger partial charge in [0, 0.05) is 39.6 Å². The van der Waals surface area contributed by atoms with Crippen molar-refractivity contribution in [2.24, 2.45) is 4.99 Å². The molecule has 1 heterocycles. The van der Waals surface area contributed by atoms with E-state index in [-0.39, 0.29) is 29.9 Å². The normalized spacial score (nSPS) is 15.2. The van der Waals surface area contributed by atoms with Crippen LogP contribution in [0.15, 0.2) is 29.3 Å². The first kappa shape index (κ1) is 19.7. The van der Waals surface area contributed by atoms with Crippen molar-refractivity contribution in [2.75, 3.05) is 32.7 Å². The van der Waals surface area contributed by atoms with E-state index in [1.807, 2.05) is 4.90 Å². The fraction of sp³-hybridized carbons (Fsp3) is 0.529. The molecule has 128 valence electrons. The van der Waals surface area contributed by atoms with Crippen molar-refractivity contribution < 1.29 is 4.79 Å². The Hall–Kier alpha value is -1.31. The van der Waals surface area contributed by atoms with Crippen LogP contribution in [0.3, 0.4) is 0 Å². The standard InChI is InChI=1S/C17H26N4O.HI/c1-4-18-17(19-13-16-7-5-14(2)6-8-16)21-11-9-20(10-12-21)15(3)22;/h5-8H,4,9-13H2,1-3H3,(H,18,19);1H. The van der Waals surface area contributed by atoms with Crippen molar-refractivity contribution in [3.63, 3.8) is 0 Å². The lowest BCUT2D eigenvalue weighted by Gasteiger charge is -2.36. The molecule has 1 aliphatic rings. The minimum atomic E-state index is 0. The van der Waals surface area contributed by atoms with Gasteiger partial charge in [0.1, 0.15) is 0 Å². The van der Waals surface area contributed by atoms with Crippen molar-refractivity contribution in [1.29, 1.82) is 0 Å². The van der Waals surface area contributed by atoms with Gasteiger partial charge in [0.2, 0.25) is 5.91 Å². The van der Waals surface area contributed by atoms with E-state index in [1.54, 1.807) is 6.92 Å². The van der Waals surface area contributed by atoms with E-state index in [0.29, 0.717) is 6.54 Å². The van der Waals surface area contributed by atoms with Crippen LogP contribution in [-0.4, -0.2) is 54.4 Å².